The van der Waals surface area contributed by atoms with Crippen molar-refractivity contribution >= 4 is 5.91 Å². The van der Waals surface area contributed by atoms with E-state index < -0.39 is 0 Å². The van der Waals surface area contributed by atoms with Crippen LogP contribution in [0.15, 0.2) is 6.20 Å². The Morgan fingerprint density at radius 3 is 2.72 bits per heavy atom. The molecule has 0 spiro atoms. The summed E-state index contributed by atoms with van der Waals surface area (Å²) in [5.74, 6) is 0.358. The lowest BCUT2D eigenvalue weighted by Crippen LogP contribution is -2.35. The van der Waals surface area contributed by atoms with Crippen LogP contribution in [0.2, 0.25) is 0 Å². The molecule has 1 aromatic rings. The average Bonchev–Trinajstić information content (AvgIpc) is 2.72. The number of aromatic nitrogens is 3. The number of nitrogens with two attached hydrogens (primary N) is 1. The standard InChI is InChI=1S/C12H23N5O/c1-9(12(2,3)4)6-14-11(18)8-17-7-10(5-13)15-16-17/h7,9H,5-6,8,13H2,1-4H3,(H,14,18). The minimum Gasteiger partial charge on any atom is -0.354 e. The molecule has 18 heavy (non-hydrogen) atoms. The molecule has 6 heteroatoms. The number of carbonyl (C=O) groups is 1. The molecule has 0 aliphatic heterocycles. The third-order valence-electron chi connectivity index (χ3n) is 3.18. The van der Waals surface area contributed by atoms with E-state index in [1.165, 1.54) is 4.68 Å². The van der Waals surface area contributed by atoms with E-state index in [0.717, 1.165) is 0 Å². The molecule has 6 nitrogen and oxygen atoms in total. The number of hydrogen-bond donors (Lipinski definition) is 2. The molecule has 0 saturated heterocycles. The molecule has 0 fully saturated rings. The number of rotatable bonds is 5. The first-order valence-corrected chi connectivity index (χ1v) is 6.18. The molecule has 0 aromatic carbocycles. The van der Waals surface area contributed by atoms with Crippen molar-refractivity contribution < 1.29 is 4.79 Å². The molecule has 0 saturated carbocycles. The Kier molecular flexibility index (Phi) is 4.84. The fourth-order valence-corrected chi connectivity index (χ4v) is 1.29. The van der Waals surface area contributed by atoms with Gasteiger partial charge in [0.25, 0.3) is 0 Å². The molecule has 0 radical (unpaired) electrons. The van der Waals surface area contributed by atoms with Crippen LogP contribution < -0.4 is 11.1 Å². The summed E-state index contributed by atoms with van der Waals surface area (Å²) in [6.07, 6.45) is 1.69. The zero-order valence-electron chi connectivity index (χ0n) is 11.6. The van der Waals surface area contributed by atoms with Gasteiger partial charge in [-0.3, -0.25) is 4.79 Å². The van der Waals surface area contributed by atoms with Crippen LogP contribution in [0.5, 0.6) is 0 Å². The van der Waals surface area contributed by atoms with Crippen molar-refractivity contribution in [3.05, 3.63) is 11.9 Å². The quantitative estimate of drug-likeness (QED) is 0.801. The third-order valence-corrected chi connectivity index (χ3v) is 3.18. The summed E-state index contributed by atoms with van der Waals surface area (Å²) in [4.78, 5) is 11.7. The summed E-state index contributed by atoms with van der Waals surface area (Å²) < 4.78 is 1.50. The normalized spacial score (nSPS) is 13.4. The van der Waals surface area contributed by atoms with Crippen molar-refractivity contribution in [2.75, 3.05) is 6.54 Å². The van der Waals surface area contributed by atoms with Gasteiger partial charge in [-0.2, -0.15) is 0 Å². The van der Waals surface area contributed by atoms with E-state index in [1.54, 1.807) is 6.20 Å². The number of amides is 1. The second-order valence-corrected chi connectivity index (χ2v) is 5.68. The van der Waals surface area contributed by atoms with Crippen molar-refractivity contribution in [1.82, 2.24) is 20.3 Å². The van der Waals surface area contributed by atoms with E-state index in [0.29, 0.717) is 24.7 Å². The first-order valence-electron chi connectivity index (χ1n) is 6.18. The number of nitrogens with one attached hydrogen (secondary N) is 1. The minimum absolute atomic E-state index is 0.0560. The molecule has 102 valence electrons. The Morgan fingerprint density at radius 2 is 2.22 bits per heavy atom. The molecule has 0 aliphatic rings. The van der Waals surface area contributed by atoms with Crippen molar-refractivity contribution in [3.63, 3.8) is 0 Å². The molecule has 1 unspecified atom stereocenters. The first-order chi connectivity index (χ1) is 8.32. The fraction of sp³-hybridized carbons (Fsp3) is 0.750. The summed E-state index contributed by atoms with van der Waals surface area (Å²) in [7, 11) is 0. The van der Waals surface area contributed by atoms with Crippen LogP contribution in [0.1, 0.15) is 33.4 Å². The predicted molar refractivity (Wildman–Crippen MR) is 69.5 cm³/mol. The van der Waals surface area contributed by atoms with Crippen molar-refractivity contribution in [2.45, 2.75) is 40.8 Å². The summed E-state index contributed by atoms with van der Waals surface area (Å²) in [5.41, 5.74) is 6.30. The molecular weight excluding hydrogens is 230 g/mol. The first kappa shape index (κ1) is 14.6. The molecule has 1 heterocycles. The van der Waals surface area contributed by atoms with Gasteiger partial charge in [0.05, 0.1) is 11.9 Å². The zero-order valence-corrected chi connectivity index (χ0v) is 11.6. The van der Waals surface area contributed by atoms with Crippen LogP contribution in [0.25, 0.3) is 0 Å². The Balaban J connectivity index is 2.38. The summed E-state index contributed by atoms with van der Waals surface area (Å²) in [6.45, 7) is 9.80. The van der Waals surface area contributed by atoms with E-state index in [1.807, 2.05) is 0 Å². The van der Waals surface area contributed by atoms with Gasteiger partial charge in [0, 0.05) is 13.1 Å². The molecule has 1 atom stereocenters. The monoisotopic (exact) mass is 253 g/mol. The Hall–Kier alpha value is -1.43. The third kappa shape index (κ3) is 4.44. The van der Waals surface area contributed by atoms with Gasteiger partial charge < -0.3 is 11.1 Å². The lowest BCUT2D eigenvalue weighted by Gasteiger charge is -2.27. The van der Waals surface area contributed by atoms with Crippen LogP contribution >= 0.6 is 0 Å². The summed E-state index contributed by atoms with van der Waals surface area (Å²) >= 11 is 0. The minimum atomic E-state index is -0.0560. The lowest BCUT2D eigenvalue weighted by atomic mass is 9.82. The fourth-order valence-electron chi connectivity index (χ4n) is 1.29. The zero-order chi connectivity index (χ0) is 13.8. The average molecular weight is 253 g/mol. The van der Waals surface area contributed by atoms with Gasteiger partial charge in [0.1, 0.15) is 6.54 Å². The molecule has 1 amide bonds. The molecule has 0 aliphatic carbocycles. The van der Waals surface area contributed by atoms with E-state index in [-0.39, 0.29) is 17.9 Å². The number of nitrogens with zero attached hydrogens (tertiary/aromatic N) is 3. The van der Waals surface area contributed by atoms with Gasteiger partial charge in [-0.15, -0.1) is 5.10 Å². The summed E-state index contributed by atoms with van der Waals surface area (Å²) in [6, 6.07) is 0. The predicted octanol–water partition coefficient (Wildman–Crippen LogP) is 0.535. The van der Waals surface area contributed by atoms with Crippen LogP contribution in [0.3, 0.4) is 0 Å². The maximum atomic E-state index is 11.7. The van der Waals surface area contributed by atoms with Gasteiger partial charge in [-0.05, 0) is 11.3 Å². The Bertz CT molecular complexity index is 393. The smallest absolute Gasteiger partial charge is 0.241 e. The van der Waals surface area contributed by atoms with Crippen LogP contribution in [0.4, 0.5) is 0 Å². The van der Waals surface area contributed by atoms with Crippen LogP contribution in [0, 0.1) is 11.3 Å². The maximum absolute atomic E-state index is 11.7. The summed E-state index contributed by atoms with van der Waals surface area (Å²) in [5, 5.41) is 10.6. The lowest BCUT2D eigenvalue weighted by molar-refractivity contribution is -0.122. The maximum Gasteiger partial charge on any atom is 0.241 e. The van der Waals surface area contributed by atoms with Gasteiger partial charge in [0.15, 0.2) is 0 Å². The molecule has 0 bridgehead atoms. The van der Waals surface area contributed by atoms with Crippen molar-refractivity contribution in [3.8, 4) is 0 Å². The second kappa shape index (κ2) is 5.95. The molecular formula is C12H23N5O. The number of hydrogen-bond acceptors (Lipinski definition) is 4. The number of carbonyl (C=O) groups excluding carboxylic acids is 1. The topological polar surface area (TPSA) is 85.8 Å². The van der Waals surface area contributed by atoms with E-state index >= 15 is 0 Å². The Labute approximate surface area is 108 Å². The van der Waals surface area contributed by atoms with Gasteiger partial charge in [-0.25, -0.2) is 4.68 Å². The highest BCUT2D eigenvalue weighted by Crippen LogP contribution is 2.24. The Morgan fingerprint density at radius 1 is 1.56 bits per heavy atom. The van der Waals surface area contributed by atoms with Crippen molar-refractivity contribution in [2.24, 2.45) is 17.1 Å². The van der Waals surface area contributed by atoms with Gasteiger partial charge in [-0.1, -0.05) is 32.9 Å². The van der Waals surface area contributed by atoms with E-state index in [9.17, 15) is 4.79 Å². The highest BCUT2D eigenvalue weighted by molar-refractivity contribution is 5.75. The van der Waals surface area contributed by atoms with Gasteiger partial charge >= 0.3 is 0 Å². The second-order valence-electron chi connectivity index (χ2n) is 5.68. The van der Waals surface area contributed by atoms with Gasteiger partial charge in [0.2, 0.25) is 5.91 Å². The van der Waals surface area contributed by atoms with Crippen LogP contribution in [-0.2, 0) is 17.9 Å². The highest BCUT2D eigenvalue weighted by atomic mass is 16.2. The molecule has 1 rings (SSSR count). The van der Waals surface area contributed by atoms with E-state index in [4.69, 9.17) is 5.73 Å². The van der Waals surface area contributed by atoms with E-state index in [2.05, 4.69) is 43.3 Å². The highest BCUT2D eigenvalue weighted by Gasteiger charge is 2.20. The van der Waals surface area contributed by atoms with Crippen LogP contribution in [-0.4, -0.2) is 27.4 Å². The largest absolute Gasteiger partial charge is 0.354 e. The SMILES string of the molecule is CC(CNC(=O)Cn1cc(CN)nn1)C(C)(C)C. The van der Waals surface area contributed by atoms with Crippen molar-refractivity contribution in [1.29, 1.82) is 0 Å². The molecule has 1 aromatic heterocycles. The molecule has 3 N–H and O–H groups in total.